The number of esters is 1. The van der Waals surface area contributed by atoms with Crippen LogP contribution in [0.25, 0.3) is 0 Å². The van der Waals surface area contributed by atoms with Gasteiger partial charge >= 0.3 is 5.97 Å². The van der Waals surface area contributed by atoms with E-state index >= 15 is 0 Å². The highest BCUT2D eigenvalue weighted by Gasteiger charge is 2.11. The fourth-order valence-electron chi connectivity index (χ4n) is 0.876. The van der Waals surface area contributed by atoms with Gasteiger partial charge in [-0.05, 0) is 25.0 Å². The van der Waals surface area contributed by atoms with Crippen molar-refractivity contribution in [3.8, 4) is 0 Å². The van der Waals surface area contributed by atoms with Crippen LogP contribution in [-0.4, -0.2) is 13.1 Å². The van der Waals surface area contributed by atoms with E-state index < -0.39 is 0 Å². The van der Waals surface area contributed by atoms with Gasteiger partial charge in [-0.2, -0.15) is 0 Å². The van der Waals surface area contributed by atoms with Crippen molar-refractivity contribution in [2.24, 2.45) is 0 Å². The predicted molar refractivity (Wildman–Crippen MR) is 49.7 cm³/mol. The van der Waals surface area contributed by atoms with E-state index in [0.717, 1.165) is 5.57 Å². The van der Waals surface area contributed by atoms with E-state index in [1.54, 1.807) is 19.9 Å². The number of methoxy groups -OCH3 is 1. The molecule has 0 unspecified atom stereocenters. The summed E-state index contributed by atoms with van der Waals surface area (Å²) in [4.78, 5) is 11.2. The lowest BCUT2D eigenvalue weighted by molar-refractivity contribution is -0.135. The standard InChI is InChI=1S/C10H14O2/c1-6-8(4)9(7(2)3)10(11)12-5/h6H,1-2H2,3-5H3/b9-8+. The number of carbonyl (C=O) groups excluding carboxylic acids is 1. The molecular weight excluding hydrogens is 152 g/mol. The second-order valence-electron chi connectivity index (χ2n) is 2.53. The first-order chi connectivity index (χ1) is 5.54. The summed E-state index contributed by atoms with van der Waals surface area (Å²) in [6.45, 7) is 10.8. The molecule has 0 aromatic rings. The van der Waals surface area contributed by atoms with E-state index in [0.29, 0.717) is 11.1 Å². The van der Waals surface area contributed by atoms with E-state index in [1.807, 2.05) is 0 Å². The number of hydrogen-bond donors (Lipinski definition) is 0. The van der Waals surface area contributed by atoms with Crippen LogP contribution < -0.4 is 0 Å². The normalized spacial score (nSPS) is 11.6. The van der Waals surface area contributed by atoms with Crippen LogP contribution in [0.1, 0.15) is 13.8 Å². The summed E-state index contributed by atoms with van der Waals surface area (Å²) >= 11 is 0. The molecule has 0 amide bonds. The summed E-state index contributed by atoms with van der Waals surface area (Å²) in [6.07, 6.45) is 1.61. The van der Waals surface area contributed by atoms with Crippen molar-refractivity contribution in [3.63, 3.8) is 0 Å². The average Bonchev–Trinajstić information content (AvgIpc) is 2.03. The van der Waals surface area contributed by atoms with Gasteiger partial charge in [-0.3, -0.25) is 0 Å². The summed E-state index contributed by atoms with van der Waals surface area (Å²) in [5.41, 5.74) is 1.99. The Kier molecular flexibility index (Phi) is 4.05. The number of hydrogen-bond acceptors (Lipinski definition) is 2. The van der Waals surface area contributed by atoms with Crippen molar-refractivity contribution in [2.45, 2.75) is 13.8 Å². The van der Waals surface area contributed by atoms with Gasteiger partial charge in [0.15, 0.2) is 0 Å². The van der Waals surface area contributed by atoms with Gasteiger partial charge in [0, 0.05) is 0 Å². The molecule has 0 bridgehead atoms. The summed E-state index contributed by atoms with van der Waals surface area (Å²) in [7, 11) is 1.35. The maximum atomic E-state index is 11.2. The minimum atomic E-state index is -0.361. The molecule has 0 atom stereocenters. The molecule has 0 saturated carbocycles. The first-order valence-corrected chi connectivity index (χ1v) is 3.62. The monoisotopic (exact) mass is 166 g/mol. The lowest BCUT2D eigenvalue weighted by atomic mass is 10.0. The van der Waals surface area contributed by atoms with Gasteiger partial charge in [0.05, 0.1) is 12.7 Å². The Hall–Kier alpha value is -1.31. The molecule has 0 saturated heterocycles. The first-order valence-electron chi connectivity index (χ1n) is 3.62. The van der Waals surface area contributed by atoms with E-state index in [1.165, 1.54) is 7.11 Å². The van der Waals surface area contributed by atoms with Gasteiger partial charge in [-0.1, -0.05) is 19.2 Å². The predicted octanol–water partition coefficient (Wildman–Crippen LogP) is 2.24. The zero-order valence-electron chi connectivity index (χ0n) is 7.81. The van der Waals surface area contributed by atoms with Crippen molar-refractivity contribution in [1.82, 2.24) is 0 Å². The fraction of sp³-hybridized carbons (Fsp3) is 0.300. The fourth-order valence-corrected chi connectivity index (χ4v) is 0.876. The number of rotatable bonds is 3. The lowest BCUT2D eigenvalue weighted by Crippen LogP contribution is -2.07. The van der Waals surface area contributed by atoms with Gasteiger partial charge in [0.1, 0.15) is 0 Å². The Morgan fingerprint density at radius 1 is 1.42 bits per heavy atom. The molecule has 0 fully saturated rings. The van der Waals surface area contributed by atoms with Gasteiger partial charge in [-0.25, -0.2) is 4.79 Å². The van der Waals surface area contributed by atoms with Crippen molar-refractivity contribution < 1.29 is 9.53 Å². The van der Waals surface area contributed by atoms with Crippen LogP contribution in [0.15, 0.2) is 36.0 Å². The van der Waals surface area contributed by atoms with Gasteiger partial charge in [0.25, 0.3) is 0 Å². The Labute approximate surface area is 73.2 Å². The molecule has 66 valence electrons. The third kappa shape index (κ3) is 2.38. The Balaban J connectivity index is 5.04. The zero-order valence-corrected chi connectivity index (χ0v) is 7.81. The second kappa shape index (κ2) is 4.54. The molecule has 0 radical (unpaired) electrons. The summed E-state index contributed by atoms with van der Waals surface area (Å²) < 4.78 is 4.59. The molecular formula is C10H14O2. The van der Waals surface area contributed by atoms with Crippen LogP contribution in [0, 0.1) is 0 Å². The molecule has 0 aromatic carbocycles. The molecule has 0 rings (SSSR count). The van der Waals surface area contributed by atoms with Crippen molar-refractivity contribution >= 4 is 5.97 Å². The molecule has 0 aliphatic heterocycles. The average molecular weight is 166 g/mol. The number of ether oxygens (including phenoxy) is 1. The van der Waals surface area contributed by atoms with Crippen LogP contribution in [0.4, 0.5) is 0 Å². The number of carbonyl (C=O) groups is 1. The summed E-state index contributed by atoms with van der Waals surface area (Å²) in [5.74, 6) is -0.361. The molecule has 0 spiro atoms. The quantitative estimate of drug-likeness (QED) is 0.365. The third-order valence-corrected chi connectivity index (χ3v) is 1.52. The highest BCUT2D eigenvalue weighted by Crippen LogP contribution is 2.14. The maximum Gasteiger partial charge on any atom is 0.338 e. The topological polar surface area (TPSA) is 26.3 Å². The smallest absolute Gasteiger partial charge is 0.338 e. The van der Waals surface area contributed by atoms with E-state index in [2.05, 4.69) is 17.9 Å². The summed E-state index contributed by atoms with van der Waals surface area (Å²) in [5, 5.41) is 0. The molecule has 0 aliphatic rings. The van der Waals surface area contributed by atoms with Gasteiger partial charge in [-0.15, -0.1) is 0 Å². The minimum absolute atomic E-state index is 0.361. The highest BCUT2D eigenvalue weighted by molar-refractivity contribution is 5.94. The summed E-state index contributed by atoms with van der Waals surface area (Å²) in [6, 6.07) is 0. The highest BCUT2D eigenvalue weighted by atomic mass is 16.5. The van der Waals surface area contributed by atoms with E-state index in [-0.39, 0.29) is 5.97 Å². The molecule has 0 N–H and O–H groups in total. The van der Waals surface area contributed by atoms with Gasteiger partial charge in [0.2, 0.25) is 0 Å². The third-order valence-electron chi connectivity index (χ3n) is 1.52. The van der Waals surface area contributed by atoms with Crippen LogP contribution in [0.2, 0.25) is 0 Å². The molecule has 0 aliphatic carbocycles. The zero-order chi connectivity index (χ0) is 9.72. The molecule has 0 aromatic heterocycles. The van der Waals surface area contributed by atoms with Crippen molar-refractivity contribution in [1.29, 1.82) is 0 Å². The van der Waals surface area contributed by atoms with E-state index in [9.17, 15) is 4.79 Å². The van der Waals surface area contributed by atoms with E-state index in [4.69, 9.17) is 0 Å². The SMILES string of the molecule is C=C/C(C)=C(\C(=C)C)C(=O)OC. The second-order valence-corrected chi connectivity index (χ2v) is 2.53. The molecule has 12 heavy (non-hydrogen) atoms. The van der Waals surface area contributed by atoms with Crippen molar-refractivity contribution in [2.75, 3.05) is 7.11 Å². The number of allylic oxidation sites excluding steroid dienone is 2. The van der Waals surface area contributed by atoms with Crippen molar-refractivity contribution in [3.05, 3.63) is 36.0 Å². The largest absolute Gasteiger partial charge is 0.465 e. The van der Waals surface area contributed by atoms with Crippen LogP contribution >= 0.6 is 0 Å². The lowest BCUT2D eigenvalue weighted by Gasteiger charge is -2.06. The Morgan fingerprint density at radius 2 is 1.92 bits per heavy atom. The Morgan fingerprint density at radius 3 is 2.17 bits per heavy atom. The molecule has 2 heteroatoms. The van der Waals surface area contributed by atoms with Gasteiger partial charge < -0.3 is 4.74 Å². The molecule has 2 nitrogen and oxygen atoms in total. The molecule has 0 heterocycles. The first kappa shape index (κ1) is 10.7. The minimum Gasteiger partial charge on any atom is -0.465 e. The van der Waals surface area contributed by atoms with Crippen LogP contribution in [-0.2, 0) is 9.53 Å². The Bertz CT molecular complexity index is 247. The van der Waals surface area contributed by atoms with Crippen LogP contribution in [0.3, 0.4) is 0 Å². The van der Waals surface area contributed by atoms with Crippen LogP contribution in [0.5, 0.6) is 0 Å². The maximum absolute atomic E-state index is 11.2.